The molecule has 0 heterocycles. The van der Waals surface area contributed by atoms with Crippen molar-refractivity contribution in [1.82, 2.24) is 0 Å². The van der Waals surface area contributed by atoms with E-state index in [0.29, 0.717) is 4.47 Å². The molecule has 1 rings (SSSR count). The summed E-state index contributed by atoms with van der Waals surface area (Å²) in [6.07, 6.45) is 0.854. The van der Waals surface area contributed by atoms with Gasteiger partial charge in [-0.3, -0.25) is 0 Å². The predicted molar refractivity (Wildman–Crippen MR) is 53.2 cm³/mol. The number of halogens is 2. The minimum atomic E-state index is -0.559. The van der Waals surface area contributed by atoms with Crippen LogP contribution in [0.15, 0.2) is 22.7 Å². The van der Waals surface area contributed by atoms with Gasteiger partial charge in [0.1, 0.15) is 12.1 Å². The third-order valence-corrected chi connectivity index (χ3v) is 2.57. The highest BCUT2D eigenvalue weighted by Gasteiger charge is 2.20. The van der Waals surface area contributed by atoms with Crippen LogP contribution in [-0.2, 0) is 10.2 Å². The van der Waals surface area contributed by atoms with E-state index in [1.165, 1.54) is 6.07 Å². The van der Waals surface area contributed by atoms with E-state index in [2.05, 4.69) is 15.9 Å². The highest BCUT2D eigenvalue weighted by atomic mass is 79.9. The first-order valence-corrected chi connectivity index (χ1v) is 4.68. The summed E-state index contributed by atoms with van der Waals surface area (Å²) in [5, 5.41) is 0. The maximum Gasteiger partial charge on any atom is 0.137 e. The second-order valence-electron chi connectivity index (χ2n) is 3.47. The Kier molecular flexibility index (Phi) is 2.86. The molecule has 0 N–H and O–H groups in total. The molecule has 1 aromatic carbocycles. The number of aldehydes is 1. The Morgan fingerprint density at radius 2 is 2.08 bits per heavy atom. The van der Waals surface area contributed by atoms with Gasteiger partial charge in [-0.1, -0.05) is 6.07 Å². The summed E-state index contributed by atoms with van der Waals surface area (Å²) in [6, 6.07) is 4.60. The molecule has 0 bridgehead atoms. The lowest BCUT2D eigenvalue weighted by atomic mass is 9.86. The first-order chi connectivity index (χ1) is 5.97. The monoisotopic (exact) mass is 244 g/mol. The highest BCUT2D eigenvalue weighted by Crippen LogP contribution is 2.25. The number of rotatable bonds is 2. The van der Waals surface area contributed by atoms with Crippen LogP contribution in [0.25, 0.3) is 0 Å². The molecule has 70 valence electrons. The Bertz CT molecular complexity index is 334. The Morgan fingerprint density at radius 3 is 2.54 bits per heavy atom. The summed E-state index contributed by atoms with van der Waals surface area (Å²) < 4.78 is 13.2. The van der Waals surface area contributed by atoms with Crippen molar-refractivity contribution in [3.8, 4) is 0 Å². The minimum absolute atomic E-state index is 0.314. The SMILES string of the molecule is CC(C)(C=O)c1ccc(F)c(Br)c1. The van der Waals surface area contributed by atoms with Crippen molar-refractivity contribution in [2.75, 3.05) is 0 Å². The van der Waals surface area contributed by atoms with Gasteiger partial charge in [-0.05, 0) is 47.5 Å². The molecule has 0 saturated carbocycles. The summed E-state index contributed by atoms with van der Waals surface area (Å²) in [5.74, 6) is -0.314. The van der Waals surface area contributed by atoms with Gasteiger partial charge in [0.2, 0.25) is 0 Å². The molecule has 13 heavy (non-hydrogen) atoms. The second kappa shape index (κ2) is 3.58. The molecule has 1 nitrogen and oxygen atoms in total. The summed E-state index contributed by atoms with van der Waals surface area (Å²) in [5.41, 5.74) is 0.242. The third-order valence-electron chi connectivity index (χ3n) is 1.96. The van der Waals surface area contributed by atoms with Gasteiger partial charge < -0.3 is 4.79 Å². The fourth-order valence-electron chi connectivity index (χ4n) is 0.965. The summed E-state index contributed by atoms with van der Waals surface area (Å²) >= 11 is 3.08. The lowest BCUT2D eigenvalue weighted by Gasteiger charge is -2.17. The predicted octanol–water partition coefficient (Wildman–Crippen LogP) is 3.06. The Morgan fingerprint density at radius 1 is 1.46 bits per heavy atom. The van der Waals surface area contributed by atoms with Gasteiger partial charge in [0.05, 0.1) is 4.47 Å². The average molecular weight is 245 g/mol. The minimum Gasteiger partial charge on any atom is -0.302 e. The van der Waals surface area contributed by atoms with Gasteiger partial charge in [0.25, 0.3) is 0 Å². The van der Waals surface area contributed by atoms with E-state index in [1.54, 1.807) is 26.0 Å². The highest BCUT2D eigenvalue weighted by molar-refractivity contribution is 9.10. The molecule has 0 saturated heterocycles. The van der Waals surface area contributed by atoms with Crippen LogP contribution in [-0.4, -0.2) is 6.29 Å². The number of hydrogen-bond donors (Lipinski definition) is 0. The number of carbonyl (C=O) groups excluding carboxylic acids is 1. The molecule has 1 aromatic rings. The van der Waals surface area contributed by atoms with E-state index in [-0.39, 0.29) is 5.82 Å². The van der Waals surface area contributed by atoms with Gasteiger partial charge in [-0.25, -0.2) is 4.39 Å². The first-order valence-electron chi connectivity index (χ1n) is 3.89. The summed E-state index contributed by atoms with van der Waals surface area (Å²) in [7, 11) is 0. The van der Waals surface area contributed by atoms with Crippen LogP contribution in [0.2, 0.25) is 0 Å². The molecule has 0 fully saturated rings. The fourth-order valence-corrected chi connectivity index (χ4v) is 1.34. The van der Waals surface area contributed by atoms with Crippen LogP contribution in [0.4, 0.5) is 4.39 Å². The summed E-state index contributed by atoms with van der Waals surface area (Å²) in [4.78, 5) is 10.7. The van der Waals surface area contributed by atoms with E-state index in [0.717, 1.165) is 11.8 Å². The molecule has 0 radical (unpaired) electrons. The first kappa shape index (κ1) is 10.4. The smallest absolute Gasteiger partial charge is 0.137 e. The van der Waals surface area contributed by atoms with Crippen molar-refractivity contribution in [2.24, 2.45) is 0 Å². The zero-order chi connectivity index (χ0) is 10.1. The van der Waals surface area contributed by atoms with E-state index >= 15 is 0 Å². The number of carbonyl (C=O) groups is 1. The third kappa shape index (κ3) is 2.15. The second-order valence-corrected chi connectivity index (χ2v) is 4.32. The van der Waals surface area contributed by atoms with E-state index < -0.39 is 5.41 Å². The standard InChI is InChI=1S/C10H10BrFO/c1-10(2,6-13)7-3-4-9(12)8(11)5-7/h3-6H,1-2H3. The Balaban J connectivity index is 3.18. The van der Waals surface area contributed by atoms with Crippen LogP contribution in [0.3, 0.4) is 0 Å². The van der Waals surface area contributed by atoms with Crippen LogP contribution >= 0.6 is 15.9 Å². The lowest BCUT2D eigenvalue weighted by molar-refractivity contribution is -0.111. The maximum absolute atomic E-state index is 12.9. The van der Waals surface area contributed by atoms with Crippen molar-refractivity contribution in [1.29, 1.82) is 0 Å². The molecule has 0 atom stereocenters. The average Bonchev–Trinajstić information content (AvgIpc) is 2.09. The number of hydrogen-bond acceptors (Lipinski definition) is 1. The van der Waals surface area contributed by atoms with Gasteiger partial charge in [-0.2, -0.15) is 0 Å². The van der Waals surface area contributed by atoms with Crippen molar-refractivity contribution < 1.29 is 9.18 Å². The van der Waals surface area contributed by atoms with Gasteiger partial charge >= 0.3 is 0 Å². The van der Waals surface area contributed by atoms with Gasteiger partial charge in [0.15, 0.2) is 0 Å². The molecule has 0 aliphatic carbocycles. The van der Waals surface area contributed by atoms with Crippen LogP contribution < -0.4 is 0 Å². The maximum atomic E-state index is 12.9. The van der Waals surface area contributed by atoms with Gasteiger partial charge in [0, 0.05) is 5.41 Å². The Labute approximate surface area is 85.1 Å². The quantitative estimate of drug-likeness (QED) is 0.732. The van der Waals surface area contributed by atoms with Crippen LogP contribution in [0.5, 0.6) is 0 Å². The lowest BCUT2D eigenvalue weighted by Crippen LogP contribution is -2.18. The van der Waals surface area contributed by atoms with Crippen molar-refractivity contribution in [2.45, 2.75) is 19.3 Å². The van der Waals surface area contributed by atoms with Crippen LogP contribution in [0.1, 0.15) is 19.4 Å². The zero-order valence-corrected chi connectivity index (χ0v) is 9.06. The van der Waals surface area contributed by atoms with Crippen molar-refractivity contribution in [3.05, 3.63) is 34.1 Å². The zero-order valence-electron chi connectivity index (χ0n) is 7.47. The van der Waals surface area contributed by atoms with Crippen molar-refractivity contribution >= 4 is 22.2 Å². The van der Waals surface area contributed by atoms with E-state index in [4.69, 9.17) is 0 Å². The molecule has 0 spiro atoms. The molecular weight excluding hydrogens is 235 g/mol. The number of benzene rings is 1. The largest absolute Gasteiger partial charge is 0.302 e. The molecule has 0 aliphatic rings. The molecule has 0 unspecified atom stereocenters. The van der Waals surface area contributed by atoms with E-state index in [9.17, 15) is 9.18 Å². The fraction of sp³-hybridized carbons (Fsp3) is 0.300. The van der Waals surface area contributed by atoms with E-state index in [1.807, 2.05) is 0 Å². The van der Waals surface area contributed by atoms with Gasteiger partial charge in [-0.15, -0.1) is 0 Å². The molecule has 0 amide bonds. The molecule has 3 heteroatoms. The molecule has 0 aromatic heterocycles. The molecule has 0 aliphatic heterocycles. The molecular formula is C10H10BrFO. The summed E-state index contributed by atoms with van der Waals surface area (Å²) in [6.45, 7) is 3.58. The Hall–Kier alpha value is -0.700. The normalized spacial score (nSPS) is 11.4. The van der Waals surface area contributed by atoms with Crippen LogP contribution in [0, 0.1) is 5.82 Å². The topological polar surface area (TPSA) is 17.1 Å². The van der Waals surface area contributed by atoms with Crippen molar-refractivity contribution in [3.63, 3.8) is 0 Å².